The first kappa shape index (κ1) is 18.0. The number of hydrogen-bond donors (Lipinski definition) is 1. The van der Waals surface area contributed by atoms with Crippen LogP contribution < -0.4 is 10.1 Å². The summed E-state index contributed by atoms with van der Waals surface area (Å²) < 4.78 is 40.1. The molecule has 0 spiro atoms. The van der Waals surface area contributed by atoms with E-state index in [9.17, 15) is 27.6 Å². The number of amides is 3. The van der Waals surface area contributed by atoms with Crippen LogP contribution >= 0.6 is 0 Å². The van der Waals surface area contributed by atoms with E-state index in [1.165, 1.54) is 12.1 Å². The molecule has 1 aliphatic carbocycles. The van der Waals surface area contributed by atoms with E-state index in [0.29, 0.717) is 12.8 Å². The Labute approximate surface area is 146 Å². The van der Waals surface area contributed by atoms with Gasteiger partial charge in [-0.3, -0.25) is 19.3 Å². The number of anilines is 1. The molecule has 1 aliphatic heterocycles. The third-order valence-electron chi connectivity index (χ3n) is 4.27. The third kappa shape index (κ3) is 3.87. The van der Waals surface area contributed by atoms with Gasteiger partial charge in [0.25, 0.3) is 0 Å². The first-order valence-corrected chi connectivity index (χ1v) is 7.90. The lowest BCUT2D eigenvalue weighted by Gasteiger charge is -2.15. The molecule has 1 heterocycles. The van der Waals surface area contributed by atoms with Crippen molar-refractivity contribution in [1.82, 2.24) is 4.90 Å². The summed E-state index contributed by atoms with van der Waals surface area (Å²) in [6, 6.07) is 4.57. The topological polar surface area (TPSA) is 75.7 Å². The second-order valence-corrected chi connectivity index (χ2v) is 6.04. The molecule has 2 atom stereocenters. The van der Waals surface area contributed by atoms with Crippen molar-refractivity contribution < 1.29 is 32.3 Å². The zero-order valence-electron chi connectivity index (χ0n) is 13.5. The third-order valence-corrected chi connectivity index (χ3v) is 4.27. The number of carbonyl (C=O) groups excluding carboxylic acids is 3. The standard InChI is InChI=1S/C17H15F3N2O4/c18-17(19,20)26-11-7-5-10(6-8-11)21-14(23)9-22-15(24)12-3-1-2-4-13(12)16(22)25/h1-2,5-8,12-13H,3-4,9H2,(H,21,23)/t12-,13+. The van der Waals surface area contributed by atoms with E-state index in [-0.39, 0.29) is 17.5 Å². The number of imide groups is 1. The molecule has 2 aliphatic rings. The van der Waals surface area contributed by atoms with Gasteiger partial charge in [0, 0.05) is 5.69 Å². The highest BCUT2D eigenvalue weighted by Crippen LogP contribution is 2.34. The van der Waals surface area contributed by atoms with Crippen molar-refractivity contribution >= 4 is 23.4 Å². The van der Waals surface area contributed by atoms with Crippen molar-refractivity contribution in [3.8, 4) is 5.75 Å². The summed E-state index contributed by atoms with van der Waals surface area (Å²) >= 11 is 0. The number of benzene rings is 1. The Morgan fingerprint density at radius 3 is 2.12 bits per heavy atom. The van der Waals surface area contributed by atoms with Crippen molar-refractivity contribution in [2.45, 2.75) is 19.2 Å². The van der Waals surface area contributed by atoms with E-state index >= 15 is 0 Å². The lowest BCUT2D eigenvalue weighted by Crippen LogP contribution is -2.38. The van der Waals surface area contributed by atoms with Gasteiger partial charge in [-0.25, -0.2) is 0 Å². The highest BCUT2D eigenvalue weighted by molar-refractivity contribution is 6.08. The van der Waals surface area contributed by atoms with Gasteiger partial charge in [-0.05, 0) is 37.1 Å². The van der Waals surface area contributed by atoms with E-state index in [0.717, 1.165) is 17.0 Å². The fraction of sp³-hybridized carbons (Fsp3) is 0.353. The molecule has 0 radical (unpaired) electrons. The number of carbonyl (C=O) groups is 3. The lowest BCUT2D eigenvalue weighted by molar-refractivity contribution is -0.274. The van der Waals surface area contributed by atoms with E-state index in [4.69, 9.17) is 0 Å². The zero-order valence-corrected chi connectivity index (χ0v) is 13.5. The molecular weight excluding hydrogens is 353 g/mol. The molecule has 26 heavy (non-hydrogen) atoms. The highest BCUT2D eigenvalue weighted by Gasteiger charge is 2.47. The largest absolute Gasteiger partial charge is 0.573 e. The van der Waals surface area contributed by atoms with Gasteiger partial charge in [0.05, 0.1) is 11.8 Å². The second kappa shape index (κ2) is 6.81. The molecule has 1 aromatic carbocycles. The molecule has 9 heteroatoms. The van der Waals surface area contributed by atoms with Crippen molar-refractivity contribution in [3.05, 3.63) is 36.4 Å². The maximum Gasteiger partial charge on any atom is 0.573 e. The summed E-state index contributed by atoms with van der Waals surface area (Å²) in [6.45, 7) is -0.425. The molecule has 0 aromatic heterocycles. The molecule has 0 unspecified atom stereocenters. The Kier molecular flexibility index (Phi) is 4.71. The molecule has 0 bridgehead atoms. The van der Waals surface area contributed by atoms with Crippen molar-refractivity contribution in [3.63, 3.8) is 0 Å². The van der Waals surface area contributed by atoms with Crippen LogP contribution in [0.5, 0.6) is 5.75 Å². The number of alkyl halides is 3. The van der Waals surface area contributed by atoms with Crippen LogP contribution in [0.4, 0.5) is 18.9 Å². The number of ether oxygens (including phenoxy) is 1. The van der Waals surface area contributed by atoms with Crippen molar-refractivity contribution in [1.29, 1.82) is 0 Å². The summed E-state index contributed by atoms with van der Waals surface area (Å²) in [6.07, 6.45) is -0.143. The summed E-state index contributed by atoms with van der Waals surface area (Å²) in [5.41, 5.74) is 0.225. The van der Waals surface area contributed by atoms with Crippen molar-refractivity contribution in [2.75, 3.05) is 11.9 Å². The first-order chi connectivity index (χ1) is 12.2. The van der Waals surface area contributed by atoms with E-state index in [1.807, 2.05) is 12.2 Å². The molecule has 138 valence electrons. The van der Waals surface area contributed by atoms with Gasteiger partial charge in [-0.15, -0.1) is 13.2 Å². The molecule has 1 saturated heterocycles. The number of nitrogens with one attached hydrogen (secondary N) is 1. The minimum Gasteiger partial charge on any atom is -0.406 e. The number of allylic oxidation sites excluding steroid dienone is 2. The Morgan fingerprint density at radius 2 is 1.62 bits per heavy atom. The van der Waals surface area contributed by atoms with Gasteiger partial charge in [0.15, 0.2) is 0 Å². The summed E-state index contributed by atoms with van der Waals surface area (Å²) in [5.74, 6) is -2.60. The van der Waals surface area contributed by atoms with Crippen LogP contribution in [-0.4, -0.2) is 35.5 Å². The van der Waals surface area contributed by atoms with E-state index in [2.05, 4.69) is 10.1 Å². The molecular formula is C17H15F3N2O4. The van der Waals surface area contributed by atoms with Crippen LogP contribution in [0.1, 0.15) is 12.8 Å². The van der Waals surface area contributed by atoms with Crippen LogP contribution in [0, 0.1) is 11.8 Å². The van der Waals surface area contributed by atoms with Crippen LogP contribution in [0.15, 0.2) is 36.4 Å². The number of hydrogen-bond acceptors (Lipinski definition) is 4. The van der Waals surface area contributed by atoms with Crippen LogP contribution in [-0.2, 0) is 14.4 Å². The minimum atomic E-state index is -4.80. The fourth-order valence-corrected chi connectivity index (χ4v) is 3.11. The lowest BCUT2D eigenvalue weighted by atomic mass is 9.85. The smallest absolute Gasteiger partial charge is 0.406 e. The predicted octanol–water partition coefficient (Wildman–Crippen LogP) is 2.47. The van der Waals surface area contributed by atoms with Gasteiger partial charge in [0.2, 0.25) is 17.7 Å². The molecule has 3 amide bonds. The Morgan fingerprint density at radius 1 is 1.08 bits per heavy atom. The maximum absolute atomic E-state index is 12.3. The summed E-state index contributed by atoms with van der Waals surface area (Å²) in [7, 11) is 0. The van der Waals surface area contributed by atoms with Crippen LogP contribution in [0.3, 0.4) is 0 Å². The average molecular weight is 368 g/mol. The minimum absolute atomic E-state index is 0.225. The van der Waals surface area contributed by atoms with Gasteiger partial charge >= 0.3 is 6.36 Å². The first-order valence-electron chi connectivity index (χ1n) is 7.90. The highest BCUT2D eigenvalue weighted by atomic mass is 19.4. The molecule has 3 rings (SSSR count). The Hall–Kier alpha value is -2.84. The van der Waals surface area contributed by atoms with Gasteiger partial charge in [-0.2, -0.15) is 0 Å². The molecule has 1 aromatic rings. The molecule has 6 nitrogen and oxygen atoms in total. The summed E-state index contributed by atoms with van der Waals surface area (Å²) in [4.78, 5) is 37.6. The number of halogens is 3. The number of likely N-dealkylation sites (tertiary alicyclic amines) is 1. The molecule has 1 fully saturated rings. The maximum atomic E-state index is 12.3. The molecule has 1 N–H and O–H groups in total. The normalized spacial score (nSPS) is 22.3. The SMILES string of the molecule is O=C(CN1C(=O)[C@H]2CC=CC[C@H]2C1=O)Nc1ccc(OC(F)(F)F)cc1. The fourth-order valence-electron chi connectivity index (χ4n) is 3.11. The average Bonchev–Trinajstić information content (AvgIpc) is 2.81. The number of rotatable bonds is 4. The quantitative estimate of drug-likeness (QED) is 0.654. The van der Waals surface area contributed by atoms with Crippen LogP contribution in [0.25, 0.3) is 0 Å². The van der Waals surface area contributed by atoms with Gasteiger partial charge < -0.3 is 10.1 Å². The zero-order chi connectivity index (χ0) is 18.9. The van der Waals surface area contributed by atoms with E-state index < -0.39 is 36.4 Å². The number of nitrogens with zero attached hydrogens (tertiary/aromatic N) is 1. The molecule has 0 saturated carbocycles. The van der Waals surface area contributed by atoms with Crippen LogP contribution in [0.2, 0.25) is 0 Å². The Bertz CT molecular complexity index is 732. The Balaban J connectivity index is 1.59. The second-order valence-electron chi connectivity index (χ2n) is 6.04. The monoisotopic (exact) mass is 368 g/mol. The van der Waals surface area contributed by atoms with Gasteiger partial charge in [0.1, 0.15) is 12.3 Å². The van der Waals surface area contributed by atoms with E-state index in [1.54, 1.807) is 0 Å². The predicted molar refractivity (Wildman–Crippen MR) is 83.8 cm³/mol. The summed E-state index contributed by atoms with van der Waals surface area (Å²) in [5, 5.41) is 2.44. The number of fused-ring (bicyclic) bond motifs is 1. The van der Waals surface area contributed by atoms with Crippen molar-refractivity contribution in [2.24, 2.45) is 11.8 Å². The van der Waals surface area contributed by atoms with Gasteiger partial charge in [-0.1, -0.05) is 12.2 Å².